The molecule has 0 aliphatic rings. The van der Waals surface area contributed by atoms with Gasteiger partial charge in [-0.1, -0.05) is 20.3 Å². The van der Waals surface area contributed by atoms with E-state index in [0.717, 1.165) is 19.3 Å². The Bertz CT molecular complexity index is 503. The fourth-order valence-corrected chi connectivity index (χ4v) is 1.95. The smallest absolute Gasteiger partial charge is 0.292 e. The molecule has 0 atom stereocenters. The Kier molecular flexibility index (Phi) is 6.65. The van der Waals surface area contributed by atoms with E-state index in [1.807, 2.05) is 6.92 Å². The van der Waals surface area contributed by atoms with Gasteiger partial charge in [0.1, 0.15) is 5.69 Å². The highest BCUT2D eigenvalue weighted by atomic mass is 16.6. The minimum Gasteiger partial charge on any atom is -0.379 e. The minimum atomic E-state index is -0.437. The lowest BCUT2D eigenvalue weighted by Gasteiger charge is -2.17. The highest BCUT2D eigenvalue weighted by molar-refractivity contribution is 5.95. The Balaban J connectivity index is 2.98. The Morgan fingerprint density at radius 2 is 2.05 bits per heavy atom. The number of amides is 1. The minimum absolute atomic E-state index is 0.00351. The molecule has 1 aromatic rings. The molecule has 0 spiro atoms. The Morgan fingerprint density at radius 3 is 2.62 bits per heavy atom. The van der Waals surface area contributed by atoms with Crippen LogP contribution in [0.5, 0.6) is 0 Å². The normalized spacial score (nSPS) is 10.2. The van der Waals surface area contributed by atoms with E-state index in [1.165, 1.54) is 12.1 Å². The second-order valence-electron chi connectivity index (χ2n) is 5.00. The quantitative estimate of drug-likeness (QED) is 0.589. The molecule has 0 aromatic heterocycles. The molecule has 1 amide bonds. The second-order valence-corrected chi connectivity index (χ2v) is 5.00. The molecule has 0 saturated carbocycles. The molecule has 1 N–H and O–H groups in total. The summed E-state index contributed by atoms with van der Waals surface area (Å²) >= 11 is 0. The van der Waals surface area contributed by atoms with E-state index >= 15 is 0 Å². The monoisotopic (exact) mass is 293 g/mol. The lowest BCUT2D eigenvalue weighted by atomic mass is 10.1. The average molecular weight is 293 g/mol. The van der Waals surface area contributed by atoms with Crippen LogP contribution in [0.2, 0.25) is 0 Å². The standard InChI is InChI=1S/C15H23N3O3/c1-4-6-10-17(3)15(19)12-7-8-14(18(20)21)13(11-12)16-9-5-2/h7-8,11,16H,4-6,9-10H2,1-3H3. The maximum absolute atomic E-state index is 12.3. The van der Waals surface area contributed by atoms with Gasteiger partial charge >= 0.3 is 0 Å². The van der Waals surface area contributed by atoms with Crippen LogP contribution < -0.4 is 5.32 Å². The molecule has 6 nitrogen and oxygen atoms in total. The molecule has 0 heterocycles. The van der Waals surface area contributed by atoms with Crippen molar-refractivity contribution in [2.75, 3.05) is 25.5 Å². The molecule has 0 radical (unpaired) electrons. The summed E-state index contributed by atoms with van der Waals surface area (Å²) < 4.78 is 0. The third-order valence-corrected chi connectivity index (χ3v) is 3.20. The Hall–Kier alpha value is -2.11. The fourth-order valence-electron chi connectivity index (χ4n) is 1.95. The van der Waals surface area contributed by atoms with Gasteiger partial charge in [-0.3, -0.25) is 14.9 Å². The van der Waals surface area contributed by atoms with Crippen LogP contribution in [0.15, 0.2) is 18.2 Å². The van der Waals surface area contributed by atoms with Crippen LogP contribution in [0, 0.1) is 10.1 Å². The first kappa shape index (κ1) is 16.9. The van der Waals surface area contributed by atoms with Gasteiger partial charge in [0, 0.05) is 31.8 Å². The van der Waals surface area contributed by atoms with Crippen LogP contribution in [0.25, 0.3) is 0 Å². The van der Waals surface area contributed by atoms with Crippen molar-refractivity contribution >= 4 is 17.3 Å². The number of carbonyl (C=O) groups excluding carboxylic acids is 1. The summed E-state index contributed by atoms with van der Waals surface area (Å²) in [4.78, 5) is 24.5. The molecular weight excluding hydrogens is 270 g/mol. The number of unbranched alkanes of at least 4 members (excludes halogenated alkanes) is 1. The van der Waals surface area contributed by atoms with Crippen LogP contribution >= 0.6 is 0 Å². The Morgan fingerprint density at radius 1 is 1.33 bits per heavy atom. The van der Waals surface area contributed by atoms with Crippen molar-refractivity contribution in [3.8, 4) is 0 Å². The van der Waals surface area contributed by atoms with Gasteiger partial charge in [0.15, 0.2) is 0 Å². The zero-order chi connectivity index (χ0) is 15.8. The van der Waals surface area contributed by atoms with E-state index < -0.39 is 4.92 Å². The molecule has 0 unspecified atom stereocenters. The van der Waals surface area contributed by atoms with Crippen molar-refractivity contribution < 1.29 is 9.72 Å². The van der Waals surface area contributed by atoms with Crippen LogP contribution in [0.4, 0.5) is 11.4 Å². The molecule has 0 fully saturated rings. The summed E-state index contributed by atoms with van der Waals surface area (Å²) in [6.07, 6.45) is 2.81. The highest BCUT2D eigenvalue weighted by Crippen LogP contribution is 2.26. The molecule has 116 valence electrons. The zero-order valence-electron chi connectivity index (χ0n) is 12.9. The summed E-state index contributed by atoms with van der Waals surface area (Å²) in [5.41, 5.74) is 0.866. The van der Waals surface area contributed by atoms with Gasteiger partial charge in [-0.15, -0.1) is 0 Å². The molecule has 0 aliphatic carbocycles. The maximum atomic E-state index is 12.3. The van der Waals surface area contributed by atoms with Gasteiger partial charge in [-0.2, -0.15) is 0 Å². The average Bonchev–Trinajstić information content (AvgIpc) is 2.49. The van der Waals surface area contributed by atoms with E-state index in [2.05, 4.69) is 12.2 Å². The SMILES string of the molecule is CCCCN(C)C(=O)c1ccc([N+](=O)[O-])c(NCCC)c1. The van der Waals surface area contributed by atoms with E-state index in [1.54, 1.807) is 18.0 Å². The third kappa shape index (κ3) is 4.73. The van der Waals surface area contributed by atoms with E-state index in [0.29, 0.717) is 24.3 Å². The van der Waals surface area contributed by atoms with Crippen molar-refractivity contribution in [2.45, 2.75) is 33.1 Å². The van der Waals surface area contributed by atoms with Crippen molar-refractivity contribution in [1.82, 2.24) is 4.90 Å². The zero-order valence-corrected chi connectivity index (χ0v) is 12.9. The summed E-state index contributed by atoms with van der Waals surface area (Å²) in [6, 6.07) is 4.47. The molecule has 1 aromatic carbocycles. The number of nitrogens with zero attached hydrogens (tertiary/aromatic N) is 2. The number of anilines is 1. The van der Waals surface area contributed by atoms with Gasteiger partial charge in [0.05, 0.1) is 4.92 Å². The first-order valence-corrected chi connectivity index (χ1v) is 7.29. The number of nitro benzene ring substituents is 1. The number of carbonyl (C=O) groups is 1. The van der Waals surface area contributed by atoms with Gasteiger partial charge in [-0.25, -0.2) is 0 Å². The Labute approximate surface area is 125 Å². The van der Waals surface area contributed by atoms with Crippen molar-refractivity contribution in [3.63, 3.8) is 0 Å². The van der Waals surface area contributed by atoms with E-state index in [9.17, 15) is 14.9 Å². The van der Waals surface area contributed by atoms with Crippen LogP contribution in [-0.4, -0.2) is 35.9 Å². The molecule has 6 heteroatoms. The molecule has 1 rings (SSSR count). The lowest BCUT2D eigenvalue weighted by Crippen LogP contribution is -2.27. The van der Waals surface area contributed by atoms with Crippen LogP contribution in [-0.2, 0) is 0 Å². The fraction of sp³-hybridized carbons (Fsp3) is 0.533. The van der Waals surface area contributed by atoms with E-state index in [4.69, 9.17) is 0 Å². The summed E-state index contributed by atoms with van der Waals surface area (Å²) in [5, 5.41) is 14.0. The number of hydrogen-bond donors (Lipinski definition) is 1. The van der Waals surface area contributed by atoms with Gasteiger partial charge < -0.3 is 10.2 Å². The summed E-state index contributed by atoms with van der Waals surface area (Å²) in [6.45, 7) is 5.36. The van der Waals surface area contributed by atoms with Crippen LogP contribution in [0.1, 0.15) is 43.5 Å². The first-order valence-electron chi connectivity index (χ1n) is 7.29. The number of nitro groups is 1. The third-order valence-electron chi connectivity index (χ3n) is 3.20. The number of hydrogen-bond acceptors (Lipinski definition) is 4. The van der Waals surface area contributed by atoms with Crippen molar-refractivity contribution in [3.05, 3.63) is 33.9 Å². The maximum Gasteiger partial charge on any atom is 0.292 e. The predicted molar refractivity (Wildman–Crippen MR) is 83.7 cm³/mol. The summed E-state index contributed by atoms with van der Waals surface area (Å²) in [5.74, 6) is -0.113. The molecular formula is C15H23N3O3. The topological polar surface area (TPSA) is 75.5 Å². The van der Waals surface area contributed by atoms with Gasteiger partial charge in [0.2, 0.25) is 0 Å². The van der Waals surface area contributed by atoms with Gasteiger partial charge in [-0.05, 0) is 25.0 Å². The predicted octanol–water partition coefficient (Wildman–Crippen LogP) is 3.29. The molecule has 0 saturated heterocycles. The molecule has 0 bridgehead atoms. The number of rotatable bonds is 8. The highest BCUT2D eigenvalue weighted by Gasteiger charge is 2.18. The van der Waals surface area contributed by atoms with Crippen molar-refractivity contribution in [2.24, 2.45) is 0 Å². The van der Waals surface area contributed by atoms with Crippen molar-refractivity contribution in [1.29, 1.82) is 0 Å². The van der Waals surface area contributed by atoms with E-state index in [-0.39, 0.29) is 11.6 Å². The number of benzene rings is 1. The molecule has 21 heavy (non-hydrogen) atoms. The largest absolute Gasteiger partial charge is 0.379 e. The second kappa shape index (κ2) is 8.24. The van der Waals surface area contributed by atoms with Gasteiger partial charge in [0.25, 0.3) is 11.6 Å². The summed E-state index contributed by atoms with van der Waals surface area (Å²) in [7, 11) is 1.75. The lowest BCUT2D eigenvalue weighted by molar-refractivity contribution is -0.384. The molecule has 0 aliphatic heterocycles. The first-order chi connectivity index (χ1) is 10.0. The number of nitrogens with one attached hydrogen (secondary N) is 1. The van der Waals surface area contributed by atoms with Crippen LogP contribution in [0.3, 0.4) is 0 Å².